The number of carboxylic acid groups (broad SMARTS) is 1. The van der Waals surface area contributed by atoms with Crippen LogP contribution in [0.1, 0.15) is 80.0 Å². The van der Waals surface area contributed by atoms with E-state index in [4.69, 9.17) is 5.11 Å². The maximum Gasteiger partial charge on any atom is 0.335 e. The van der Waals surface area contributed by atoms with Gasteiger partial charge in [-0.1, -0.05) is 39.3 Å². The van der Waals surface area contributed by atoms with Crippen molar-refractivity contribution in [3.63, 3.8) is 0 Å². The summed E-state index contributed by atoms with van der Waals surface area (Å²) in [5, 5.41) is 8.98. The summed E-state index contributed by atoms with van der Waals surface area (Å²) in [7, 11) is 2.13. The number of Topliss-reactive ketones (excluding diaryl/α,β-unsaturated/α-hetero) is 1. The van der Waals surface area contributed by atoms with Gasteiger partial charge in [-0.15, -0.1) is 0 Å². The lowest BCUT2D eigenvalue weighted by atomic mass is 9.90. The number of hydrogen-bond acceptors (Lipinski definition) is 3. The third kappa shape index (κ3) is 9.40. The molecule has 0 aliphatic rings. The molecule has 0 saturated carbocycles. The predicted octanol–water partition coefficient (Wildman–Crippen LogP) is 4.89. The zero-order chi connectivity index (χ0) is 18.9. The zero-order valence-corrected chi connectivity index (χ0v) is 16.2. The third-order valence-corrected chi connectivity index (χ3v) is 4.34. The number of benzene rings is 1. The number of carbonyl (C=O) groups is 2. The van der Waals surface area contributed by atoms with Crippen LogP contribution >= 0.6 is 0 Å². The fraction of sp³-hybridized carbons (Fsp3) is 0.619. The summed E-state index contributed by atoms with van der Waals surface area (Å²) in [5.41, 5.74) is 1.08. The van der Waals surface area contributed by atoms with Gasteiger partial charge in [-0.2, -0.15) is 0 Å². The molecule has 0 spiro atoms. The topological polar surface area (TPSA) is 57.6 Å². The molecule has 140 valence electrons. The first-order valence-electron chi connectivity index (χ1n) is 9.24. The third-order valence-electron chi connectivity index (χ3n) is 4.34. The van der Waals surface area contributed by atoms with Crippen LogP contribution in [0.15, 0.2) is 24.3 Å². The van der Waals surface area contributed by atoms with Gasteiger partial charge in [0.1, 0.15) is 0 Å². The molecule has 4 heteroatoms. The Hall–Kier alpha value is -1.68. The van der Waals surface area contributed by atoms with Crippen LogP contribution in [0.25, 0.3) is 0 Å². The molecule has 0 amide bonds. The van der Waals surface area contributed by atoms with Gasteiger partial charge in [0.15, 0.2) is 5.78 Å². The van der Waals surface area contributed by atoms with E-state index in [9.17, 15) is 9.59 Å². The van der Waals surface area contributed by atoms with Crippen molar-refractivity contribution in [3.8, 4) is 0 Å². The highest BCUT2D eigenvalue weighted by atomic mass is 16.4. The van der Waals surface area contributed by atoms with Gasteiger partial charge in [0.05, 0.1) is 5.56 Å². The van der Waals surface area contributed by atoms with Gasteiger partial charge >= 0.3 is 5.97 Å². The molecular weight excluding hydrogens is 314 g/mol. The van der Waals surface area contributed by atoms with Gasteiger partial charge in [0.2, 0.25) is 0 Å². The van der Waals surface area contributed by atoms with Gasteiger partial charge in [-0.05, 0) is 63.4 Å². The summed E-state index contributed by atoms with van der Waals surface area (Å²) in [4.78, 5) is 25.5. The Morgan fingerprint density at radius 1 is 1.00 bits per heavy atom. The van der Waals surface area contributed by atoms with E-state index >= 15 is 0 Å². The molecule has 0 saturated heterocycles. The Morgan fingerprint density at radius 3 is 2.20 bits per heavy atom. The van der Waals surface area contributed by atoms with Gasteiger partial charge in [-0.25, -0.2) is 4.79 Å². The van der Waals surface area contributed by atoms with Gasteiger partial charge in [0, 0.05) is 12.0 Å². The van der Waals surface area contributed by atoms with E-state index in [1.165, 1.54) is 31.4 Å². The quantitative estimate of drug-likeness (QED) is 0.457. The number of rotatable bonds is 11. The van der Waals surface area contributed by atoms with Crippen LogP contribution in [0.3, 0.4) is 0 Å². The van der Waals surface area contributed by atoms with Crippen LogP contribution < -0.4 is 0 Å². The fourth-order valence-corrected chi connectivity index (χ4v) is 2.79. The van der Waals surface area contributed by atoms with Crippen LogP contribution in [0, 0.1) is 5.41 Å². The first kappa shape index (κ1) is 21.4. The minimum absolute atomic E-state index is 0.0240. The molecule has 0 aliphatic heterocycles. The van der Waals surface area contributed by atoms with Crippen LogP contribution in [0.5, 0.6) is 0 Å². The molecule has 1 N–H and O–H groups in total. The number of carbonyl (C=O) groups excluding carboxylic acids is 1. The van der Waals surface area contributed by atoms with E-state index in [-0.39, 0.29) is 11.3 Å². The summed E-state index contributed by atoms with van der Waals surface area (Å²) in [6.07, 6.45) is 6.02. The van der Waals surface area contributed by atoms with E-state index in [0.717, 1.165) is 25.9 Å². The molecule has 1 rings (SSSR count). The summed E-state index contributed by atoms with van der Waals surface area (Å²) in [6.45, 7) is 8.93. The second-order valence-corrected chi connectivity index (χ2v) is 8.09. The number of nitrogens with zero attached hydrogens (tertiary/aromatic N) is 1. The van der Waals surface area contributed by atoms with Crippen molar-refractivity contribution in [2.45, 2.75) is 59.3 Å². The minimum atomic E-state index is -0.997. The summed E-state index contributed by atoms with van der Waals surface area (Å²) >= 11 is 0. The first-order chi connectivity index (χ1) is 11.7. The molecule has 1 aromatic rings. The monoisotopic (exact) mass is 347 g/mol. The second kappa shape index (κ2) is 10.3. The Bertz CT molecular complexity index is 561. The molecule has 0 radical (unpaired) electrons. The van der Waals surface area contributed by atoms with Crippen molar-refractivity contribution in [2.24, 2.45) is 5.41 Å². The lowest BCUT2D eigenvalue weighted by Crippen LogP contribution is -2.21. The number of unbranched alkanes of at least 4 members (excludes halogenated alkanes) is 2. The maximum absolute atomic E-state index is 12.2. The number of hydrogen-bond donors (Lipinski definition) is 1. The van der Waals surface area contributed by atoms with Gasteiger partial charge < -0.3 is 10.0 Å². The maximum atomic E-state index is 12.2. The van der Waals surface area contributed by atoms with E-state index in [1.807, 2.05) is 0 Å². The largest absolute Gasteiger partial charge is 0.478 e. The van der Waals surface area contributed by atoms with Gasteiger partial charge in [0.25, 0.3) is 0 Å². The van der Waals surface area contributed by atoms with Gasteiger partial charge in [-0.3, -0.25) is 4.79 Å². The van der Waals surface area contributed by atoms with Crippen molar-refractivity contribution >= 4 is 11.8 Å². The molecule has 0 fully saturated rings. The van der Waals surface area contributed by atoms with Crippen molar-refractivity contribution < 1.29 is 14.7 Å². The summed E-state index contributed by atoms with van der Waals surface area (Å²) in [5.74, 6) is -0.973. The second-order valence-electron chi connectivity index (χ2n) is 8.09. The van der Waals surface area contributed by atoms with Crippen LogP contribution in [-0.2, 0) is 0 Å². The fourth-order valence-electron chi connectivity index (χ4n) is 2.79. The van der Waals surface area contributed by atoms with Crippen LogP contribution in [0.2, 0.25) is 0 Å². The predicted molar refractivity (Wildman–Crippen MR) is 102 cm³/mol. The highest BCUT2D eigenvalue weighted by molar-refractivity contribution is 5.98. The standard InChI is InChI=1S/C21H33NO3/c1-21(2,3)13-6-8-15-22(4)14-7-5-12-19(23)17-10-9-11-18(16-17)20(24)25/h9-11,16H,5-8,12-15H2,1-4H3,(H,24,25). The highest BCUT2D eigenvalue weighted by Gasteiger charge is 2.11. The number of ketones is 1. The number of aromatic carboxylic acids is 1. The molecule has 0 atom stereocenters. The molecule has 0 heterocycles. The lowest BCUT2D eigenvalue weighted by Gasteiger charge is -2.20. The molecule has 0 unspecified atom stereocenters. The van der Waals surface area contributed by atoms with Crippen molar-refractivity contribution in [2.75, 3.05) is 20.1 Å². The Morgan fingerprint density at radius 2 is 1.60 bits per heavy atom. The first-order valence-corrected chi connectivity index (χ1v) is 9.24. The summed E-state index contributed by atoms with van der Waals surface area (Å²) in [6, 6.07) is 6.29. The Labute approximate surface area is 152 Å². The molecule has 4 nitrogen and oxygen atoms in total. The molecule has 0 aromatic heterocycles. The minimum Gasteiger partial charge on any atom is -0.478 e. The highest BCUT2D eigenvalue weighted by Crippen LogP contribution is 2.21. The van der Waals surface area contributed by atoms with E-state index in [2.05, 4.69) is 32.7 Å². The summed E-state index contributed by atoms with van der Waals surface area (Å²) < 4.78 is 0. The molecule has 1 aromatic carbocycles. The SMILES string of the molecule is CN(CCCCC(=O)c1cccc(C(=O)O)c1)CCCCC(C)(C)C. The number of carboxylic acids is 1. The van der Waals surface area contributed by atoms with Crippen LogP contribution in [0.4, 0.5) is 0 Å². The average Bonchev–Trinajstić information content (AvgIpc) is 2.54. The van der Waals surface area contributed by atoms with Crippen molar-refractivity contribution in [3.05, 3.63) is 35.4 Å². The molecule has 0 bridgehead atoms. The zero-order valence-electron chi connectivity index (χ0n) is 16.2. The smallest absolute Gasteiger partial charge is 0.335 e. The molecule has 25 heavy (non-hydrogen) atoms. The van der Waals surface area contributed by atoms with E-state index in [0.29, 0.717) is 17.4 Å². The van der Waals surface area contributed by atoms with E-state index < -0.39 is 5.97 Å². The molecular formula is C21H33NO3. The lowest BCUT2D eigenvalue weighted by molar-refractivity contribution is 0.0697. The van der Waals surface area contributed by atoms with Crippen LogP contribution in [-0.4, -0.2) is 41.9 Å². The Balaban J connectivity index is 2.21. The van der Waals surface area contributed by atoms with E-state index in [1.54, 1.807) is 12.1 Å². The molecule has 0 aliphatic carbocycles. The van der Waals surface area contributed by atoms with Crippen molar-refractivity contribution in [1.82, 2.24) is 4.90 Å². The Kier molecular flexibility index (Phi) is 8.84. The average molecular weight is 347 g/mol. The normalized spacial score (nSPS) is 11.7. The van der Waals surface area contributed by atoms with Crippen molar-refractivity contribution in [1.29, 1.82) is 0 Å².